The molecule has 0 saturated heterocycles. The number of hydrogen-bond donors (Lipinski definition) is 2. The summed E-state index contributed by atoms with van der Waals surface area (Å²) in [7, 11) is 1.00. The molecule has 138 valence electrons. The van der Waals surface area contributed by atoms with Gasteiger partial charge < -0.3 is 10.4 Å². The highest BCUT2D eigenvalue weighted by Gasteiger charge is 2.21. The Kier molecular flexibility index (Phi) is 6.93. The lowest BCUT2D eigenvalue weighted by Crippen LogP contribution is -2.37. The van der Waals surface area contributed by atoms with Gasteiger partial charge in [-0.1, -0.05) is 19.3 Å². The second-order valence-electron chi connectivity index (χ2n) is 5.55. The smallest absolute Gasteiger partial charge is 0.289 e. The monoisotopic (exact) mass is 355 g/mol. The van der Waals surface area contributed by atoms with Crippen LogP contribution < -0.4 is 5.32 Å². The van der Waals surface area contributed by atoms with E-state index >= 15 is 0 Å². The minimum absolute atomic E-state index is 0. The van der Waals surface area contributed by atoms with Crippen LogP contribution in [0.25, 0.3) is 5.82 Å². The van der Waals surface area contributed by atoms with Crippen molar-refractivity contribution in [2.75, 3.05) is 7.11 Å². The standard InChI is InChI=1S/C15H17F2N5O.CH4O.H2/c16-13(17)11-8-12(22-7-6-18-9-22)21-14(20-11)15(23)19-10-4-2-1-3-5-10;1-2;/h6-10,13H,1-5H2,(H,19,23);2H,1H3;1H. The van der Waals surface area contributed by atoms with Crippen LogP contribution in [0.2, 0.25) is 0 Å². The molecule has 0 unspecified atom stereocenters. The molecule has 0 radical (unpaired) electrons. The molecule has 2 aromatic rings. The van der Waals surface area contributed by atoms with Crippen LogP contribution in [-0.2, 0) is 0 Å². The third-order valence-electron chi connectivity index (χ3n) is 3.87. The fourth-order valence-electron chi connectivity index (χ4n) is 2.69. The molecule has 2 heterocycles. The molecular formula is C16H23F2N5O2. The van der Waals surface area contributed by atoms with Gasteiger partial charge in [-0.25, -0.2) is 23.7 Å². The number of aromatic nitrogens is 4. The normalized spacial score (nSPS) is 14.8. The molecule has 1 aliphatic rings. The predicted octanol–water partition coefficient (Wildman–Crippen LogP) is 2.52. The molecule has 2 N–H and O–H groups in total. The first-order valence-corrected chi connectivity index (χ1v) is 8.04. The van der Waals surface area contributed by atoms with E-state index in [0.717, 1.165) is 45.3 Å². The third-order valence-corrected chi connectivity index (χ3v) is 3.87. The van der Waals surface area contributed by atoms with E-state index in [2.05, 4.69) is 20.3 Å². The van der Waals surface area contributed by atoms with E-state index in [1.165, 1.54) is 17.1 Å². The van der Waals surface area contributed by atoms with Gasteiger partial charge in [-0.15, -0.1) is 0 Å². The first-order valence-electron chi connectivity index (χ1n) is 8.04. The highest BCUT2D eigenvalue weighted by atomic mass is 19.3. The Hall–Kier alpha value is -2.42. The zero-order chi connectivity index (χ0) is 18.2. The Bertz CT molecular complexity index is 679. The average molecular weight is 355 g/mol. The highest BCUT2D eigenvalue weighted by Crippen LogP contribution is 2.20. The molecule has 25 heavy (non-hydrogen) atoms. The van der Waals surface area contributed by atoms with Gasteiger partial charge in [-0.2, -0.15) is 0 Å². The van der Waals surface area contributed by atoms with Crippen molar-refractivity contribution in [3.8, 4) is 5.82 Å². The van der Waals surface area contributed by atoms with Crippen molar-refractivity contribution in [3.63, 3.8) is 0 Å². The lowest BCUT2D eigenvalue weighted by molar-refractivity contribution is 0.0914. The molecule has 0 spiro atoms. The second kappa shape index (κ2) is 9.16. The van der Waals surface area contributed by atoms with Crippen molar-refractivity contribution in [1.29, 1.82) is 0 Å². The molecule has 9 heteroatoms. The third kappa shape index (κ3) is 5.02. The van der Waals surface area contributed by atoms with Crippen LogP contribution in [-0.4, -0.2) is 43.7 Å². The number of aliphatic hydroxyl groups is 1. The minimum atomic E-state index is -2.78. The quantitative estimate of drug-likeness (QED) is 0.879. The fraction of sp³-hybridized carbons (Fsp3) is 0.500. The summed E-state index contributed by atoms with van der Waals surface area (Å²) in [5.41, 5.74) is -0.475. The number of amides is 1. The molecule has 1 amide bonds. The molecule has 3 rings (SSSR count). The number of nitrogens with zero attached hydrogens (tertiary/aromatic N) is 4. The second-order valence-corrected chi connectivity index (χ2v) is 5.55. The molecule has 0 aromatic carbocycles. The van der Waals surface area contributed by atoms with Crippen LogP contribution in [0, 0.1) is 0 Å². The maximum Gasteiger partial charge on any atom is 0.289 e. The van der Waals surface area contributed by atoms with Gasteiger partial charge in [-0.3, -0.25) is 9.36 Å². The lowest BCUT2D eigenvalue weighted by Gasteiger charge is -2.22. The van der Waals surface area contributed by atoms with Crippen molar-refractivity contribution in [2.24, 2.45) is 0 Å². The largest absolute Gasteiger partial charge is 0.400 e. The predicted molar refractivity (Wildman–Crippen MR) is 88.7 cm³/mol. The molecule has 1 fully saturated rings. The Morgan fingerprint density at radius 1 is 1.32 bits per heavy atom. The SMILES string of the molecule is CO.O=C(NC1CCCCC1)c1nc(C(F)F)cc(-n2ccnc2)n1.[HH]. The molecule has 0 atom stereocenters. The maximum absolute atomic E-state index is 13.0. The maximum atomic E-state index is 13.0. The number of rotatable bonds is 4. The van der Waals surface area contributed by atoms with Gasteiger partial charge in [0.2, 0.25) is 5.82 Å². The number of imidazole rings is 1. The Morgan fingerprint density at radius 3 is 2.64 bits per heavy atom. The molecule has 0 aliphatic heterocycles. The van der Waals surface area contributed by atoms with Crippen LogP contribution in [0.1, 0.15) is 56.3 Å². The number of alkyl halides is 2. The van der Waals surface area contributed by atoms with Crippen LogP contribution in [0.4, 0.5) is 8.78 Å². The summed E-state index contributed by atoms with van der Waals surface area (Å²) in [6.07, 6.45) is 6.80. The highest BCUT2D eigenvalue weighted by molar-refractivity contribution is 5.90. The summed E-state index contributed by atoms with van der Waals surface area (Å²) in [6, 6.07) is 1.22. The summed E-state index contributed by atoms with van der Waals surface area (Å²) in [6.45, 7) is 0. The van der Waals surface area contributed by atoms with Crippen molar-refractivity contribution in [2.45, 2.75) is 44.6 Å². The first kappa shape index (κ1) is 18.9. The number of carbonyl (C=O) groups is 1. The molecule has 1 aliphatic carbocycles. The van der Waals surface area contributed by atoms with Gasteiger partial charge in [0.25, 0.3) is 12.3 Å². The van der Waals surface area contributed by atoms with E-state index in [0.29, 0.717) is 0 Å². The molecule has 1 saturated carbocycles. The van der Waals surface area contributed by atoms with Crippen molar-refractivity contribution >= 4 is 5.91 Å². The van der Waals surface area contributed by atoms with E-state index in [4.69, 9.17) is 5.11 Å². The molecule has 0 bridgehead atoms. The van der Waals surface area contributed by atoms with E-state index in [1.807, 2.05) is 0 Å². The summed E-state index contributed by atoms with van der Waals surface area (Å²) in [5.74, 6) is -0.556. The van der Waals surface area contributed by atoms with E-state index < -0.39 is 18.0 Å². The fourth-order valence-corrected chi connectivity index (χ4v) is 2.69. The van der Waals surface area contributed by atoms with Gasteiger partial charge in [0.15, 0.2) is 0 Å². The zero-order valence-electron chi connectivity index (χ0n) is 13.9. The van der Waals surface area contributed by atoms with Gasteiger partial charge in [0.05, 0.1) is 0 Å². The van der Waals surface area contributed by atoms with Crippen molar-refractivity contribution < 1.29 is 20.1 Å². The summed E-state index contributed by atoms with van der Waals surface area (Å²) < 4.78 is 27.6. The molecule has 2 aromatic heterocycles. The number of halogens is 2. The Morgan fingerprint density at radius 2 is 2.04 bits per heavy atom. The van der Waals surface area contributed by atoms with Gasteiger partial charge >= 0.3 is 0 Å². The van der Waals surface area contributed by atoms with Gasteiger partial charge in [0, 0.05) is 33.0 Å². The Labute approximate surface area is 145 Å². The first-order chi connectivity index (χ1) is 12.1. The van der Waals surface area contributed by atoms with Gasteiger partial charge in [-0.05, 0) is 12.8 Å². The molecular weight excluding hydrogens is 332 g/mol. The summed E-state index contributed by atoms with van der Waals surface area (Å²) in [4.78, 5) is 24.0. The molecule has 7 nitrogen and oxygen atoms in total. The topological polar surface area (TPSA) is 92.9 Å². The Balaban J connectivity index is 0.00000109. The number of hydrogen-bond acceptors (Lipinski definition) is 5. The van der Waals surface area contributed by atoms with Crippen LogP contribution >= 0.6 is 0 Å². The lowest BCUT2D eigenvalue weighted by atomic mass is 9.95. The average Bonchev–Trinajstić information content (AvgIpc) is 3.18. The van der Waals surface area contributed by atoms with Crippen molar-refractivity contribution in [1.82, 2.24) is 24.8 Å². The van der Waals surface area contributed by atoms with Crippen molar-refractivity contribution in [3.05, 3.63) is 36.3 Å². The van der Waals surface area contributed by atoms with E-state index in [9.17, 15) is 13.6 Å². The number of nitrogens with one attached hydrogen (secondary N) is 1. The number of aliphatic hydroxyl groups excluding tert-OH is 1. The van der Waals surface area contributed by atoms with E-state index in [-0.39, 0.29) is 19.1 Å². The van der Waals surface area contributed by atoms with Crippen LogP contribution in [0.15, 0.2) is 24.8 Å². The van der Waals surface area contributed by atoms with E-state index in [1.54, 1.807) is 6.20 Å². The number of carbonyl (C=O) groups excluding carboxylic acids is 1. The van der Waals surface area contributed by atoms with Gasteiger partial charge in [0.1, 0.15) is 17.8 Å². The summed E-state index contributed by atoms with van der Waals surface area (Å²) >= 11 is 0. The van der Waals surface area contributed by atoms with Crippen LogP contribution in [0.5, 0.6) is 0 Å². The van der Waals surface area contributed by atoms with Crippen LogP contribution in [0.3, 0.4) is 0 Å². The summed E-state index contributed by atoms with van der Waals surface area (Å²) in [5, 5.41) is 9.84. The minimum Gasteiger partial charge on any atom is -0.400 e. The zero-order valence-corrected chi connectivity index (χ0v) is 13.9.